The fourth-order valence-corrected chi connectivity index (χ4v) is 2.98. The molecule has 2 N–H and O–H groups in total. The van der Waals surface area contributed by atoms with Gasteiger partial charge in [-0.1, -0.05) is 18.2 Å². The van der Waals surface area contributed by atoms with Crippen LogP contribution < -0.4 is 5.73 Å². The Morgan fingerprint density at radius 3 is 2.56 bits per heavy atom. The first-order chi connectivity index (χ1) is 8.50. The summed E-state index contributed by atoms with van der Waals surface area (Å²) in [7, 11) is -3.74. The maximum absolute atomic E-state index is 13.4. The normalized spacial score (nSPS) is 11.4. The number of hydrogen-bond donors (Lipinski definition) is 1. The van der Waals surface area contributed by atoms with Crippen LogP contribution in [0.4, 0.5) is 10.1 Å². The molecule has 0 amide bonds. The highest BCUT2D eigenvalue weighted by molar-refractivity contribution is 7.90. The Bertz CT molecular complexity index is 671. The van der Waals surface area contributed by atoms with Gasteiger partial charge in [-0.05, 0) is 18.2 Å². The quantitative estimate of drug-likeness (QED) is 0.919. The second kappa shape index (κ2) is 4.73. The molecule has 0 bridgehead atoms. The van der Waals surface area contributed by atoms with E-state index in [9.17, 15) is 12.8 Å². The van der Waals surface area contributed by atoms with Crippen LogP contribution in [0.25, 0.3) is 0 Å². The number of nitrogens with zero attached hydrogens (tertiary/aromatic N) is 1. The molecule has 2 aromatic rings. The van der Waals surface area contributed by atoms with E-state index in [1.807, 2.05) is 0 Å². The molecule has 0 saturated carbocycles. The molecule has 0 atom stereocenters. The lowest BCUT2D eigenvalue weighted by Gasteiger charge is -2.06. The third-order valence-corrected chi connectivity index (χ3v) is 4.02. The Morgan fingerprint density at radius 1 is 1.17 bits per heavy atom. The molecule has 4 nitrogen and oxygen atoms in total. The molecule has 0 aliphatic heterocycles. The summed E-state index contributed by atoms with van der Waals surface area (Å²) in [5.74, 6) is -1.02. The molecule has 0 unspecified atom stereocenters. The zero-order chi connectivity index (χ0) is 13.2. The average Bonchev–Trinajstić information content (AvgIpc) is 2.32. The summed E-state index contributed by atoms with van der Waals surface area (Å²) >= 11 is 0. The molecular weight excluding hydrogens is 255 g/mol. The second-order valence-corrected chi connectivity index (χ2v) is 5.65. The molecule has 0 saturated heterocycles. The van der Waals surface area contributed by atoms with Crippen LogP contribution in [-0.4, -0.2) is 13.4 Å². The number of hydrogen-bond acceptors (Lipinski definition) is 4. The Kier molecular flexibility index (Phi) is 3.29. The maximum Gasteiger partial charge on any atom is 0.201 e. The van der Waals surface area contributed by atoms with Crippen LogP contribution in [0.5, 0.6) is 0 Å². The number of anilines is 1. The summed E-state index contributed by atoms with van der Waals surface area (Å²) in [6, 6.07) is 8.70. The van der Waals surface area contributed by atoms with E-state index in [0.29, 0.717) is 0 Å². The first kappa shape index (κ1) is 12.5. The fraction of sp³-hybridized carbons (Fsp3) is 0.0833. The van der Waals surface area contributed by atoms with Crippen molar-refractivity contribution in [2.45, 2.75) is 10.8 Å². The Hall–Kier alpha value is -1.95. The summed E-state index contributed by atoms with van der Waals surface area (Å²) < 4.78 is 37.6. The van der Waals surface area contributed by atoms with Gasteiger partial charge in [0.1, 0.15) is 5.82 Å². The SMILES string of the molecule is Nc1cccnc1S(=O)(=O)Cc1ccccc1F. The molecule has 18 heavy (non-hydrogen) atoms. The lowest BCUT2D eigenvalue weighted by atomic mass is 10.2. The van der Waals surface area contributed by atoms with Crippen LogP contribution in [0, 0.1) is 5.82 Å². The molecule has 0 fully saturated rings. The van der Waals surface area contributed by atoms with Crippen LogP contribution in [0.1, 0.15) is 5.56 Å². The molecule has 1 aromatic heterocycles. The fourth-order valence-electron chi connectivity index (χ4n) is 1.55. The van der Waals surface area contributed by atoms with Gasteiger partial charge in [0, 0.05) is 11.8 Å². The van der Waals surface area contributed by atoms with E-state index in [4.69, 9.17) is 5.73 Å². The highest BCUT2D eigenvalue weighted by atomic mass is 32.2. The van der Waals surface area contributed by atoms with Crippen LogP contribution in [-0.2, 0) is 15.6 Å². The van der Waals surface area contributed by atoms with E-state index in [2.05, 4.69) is 4.98 Å². The first-order valence-corrected chi connectivity index (χ1v) is 6.82. The zero-order valence-electron chi connectivity index (χ0n) is 9.38. The van der Waals surface area contributed by atoms with Crippen molar-refractivity contribution in [3.05, 3.63) is 54.0 Å². The van der Waals surface area contributed by atoms with Gasteiger partial charge in [0.05, 0.1) is 11.4 Å². The molecule has 6 heteroatoms. The van der Waals surface area contributed by atoms with E-state index in [-0.39, 0.29) is 16.3 Å². The predicted octanol–water partition coefficient (Wildman–Crippen LogP) is 1.78. The van der Waals surface area contributed by atoms with Gasteiger partial charge < -0.3 is 5.73 Å². The monoisotopic (exact) mass is 266 g/mol. The van der Waals surface area contributed by atoms with E-state index < -0.39 is 21.4 Å². The van der Waals surface area contributed by atoms with Crippen LogP contribution in [0.2, 0.25) is 0 Å². The van der Waals surface area contributed by atoms with Crippen molar-refractivity contribution >= 4 is 15.5 Å². The maximum atomic E-state index is 13.4. The van der Waals surface area contributed by atoms with Crippen molar-refractivity contribution in [2.24, 2.45) is 0 Å². The third kappa shape index (κ3) is 2.48. The zero-order valence-corrected chi connectivity index (χ0v) is 10.2. The van der Waals surface area contributed by atoms with E-state index >= 15 is 0 Å². The van der Waals surface area contributed by atoms with Gasteiger partial charge in [-0.2, -0.15) is 0 Å². The standard InChI is InChI=1S/C12H11FN2O2S/c13-10-5-2-1-4-9(10)8-18(16,17)12-11(14)6-3-7-15-12/h1-7H,8,14H2. The summed E-state index contributed by atoms with van der Waals surface area (Å²) in [5, 5.41) is -0.215. The third-order valence-electron chi connectivity index (χ3n) is 2.40. The van der Waals surface area contributed by atoms with Gasteiger partial charge in [-0.25, -0.2) is 17.8 Å². The van der Waals surface area contributed by atoms with Gasteiger partial charge in [0.15, 0.2) is 5.03 Å². The number of nitrogens with two attached hydrogens (primary N) is 1. The Morgan fingerprint density at radius 2 is 1.89 bits per heavy atom. The summed E-state index contributed by atoms with van der Waals surface area (Å²) in [6.07, 6.45) is 1.34. The van der Waals surface area contributed by atoms with Crippen molar-refractivity contribution < 1.29 is 12.8 Å². The average molecular weight is 266 g/mol. The largest absolute Gasteiger partial charge is 0.396 e. The number of aromatic nitrogens is 1. The highest BCUT2D eigenvalue weighted by Gasteiger charge is 2.21. The second-order valence-electron chi connectivity index (χ2n) is 3.75. The molecule has 1 aromatic carbocycles. The van der Waals surface area contributed by atoms with E-state index in [0.717, 1.165) is 0 Å². The molecule has 0 aliphatic carbocycles. The van der Waals surface area contributed by atoms with Crippen LogP contribution in [0.3, 0.4) is 0 Å². The molecule has 0 radical (unpaired) electrons. The van der Waals surface area contributed by atoms with Crippen molar-refractivity contribution in [3.63, 3.8) is 0 Å². The van der Waals surface area contributed by atoms with Crippen molar-refractivity contribution in [1.29, 1.82) is 0 Å². The predicted molar refractivity (Wildman–Crippen MR) is 65.9 cm³/mol. The summed E-state index contributed by atoms with van der Waals surface area (Å²) in [6.45, 7) is 0. The molecule has 0 aliphatic rings. The Balaban J connectivity index is 2.40. The lowest BCUT2D eigenvalue weighted by Crippen LogP contribution is -2.10. The number of benzene rings is 1. The minimum Gasteiger partial charge on any atom is -0.396 e. The highest BCUT2D eigenvalue weighted by Crippen LogP contribution is 2.20. The lowest BCUT2D eigenvalue weighted by molar-refractivity contribution is 0.584. The molecule has 2 rings (SSSR count). The van der Waals surface area contributed by atoms with Crippen molar-refractivity contribution in [1.82, 2.24) is 4.98 Å². The van der Waals surface area contributed by atoms with Gasteiger partial charge in [0.25, 0.3) is 0 Å². The van der Waals surface area contributed by atoms with Gasteiger partial charge in [0.2, 0.25) is 9.84 Å². The number of nitrogen functional groups attached to an aromatic ring is 1. The first-order valence-electron chi connectivity index (χ1n) is 5.17. The smallest absolute Gasteiger partial charge is 0.201 e. The number of sulfone groups is 1. The summed E-state index contributed by atoms with van der Waals surface area (Å²) in [4.78, 5) is 3.74. The van der Waals surface area contributed by atoms with E-state index in [1.165, 1.54) is 36.5 Å². The minimum absolute atomic E-state index is 0.0637. The molecular formula is C12H11FN2O2S. The topological polar surface area (TPSA) is 73.0 Å². The molecule has 0 spiro atoms. The van der Waals surface area contributed by atoms with Gasteiger partial charge in [-0.3, -0.25) is 0 Å². The van der Waals surface area contributed by atoms with Crippen LogP contribution in [0.15, 0.2) is 47.6 Å². The van der Waals surface area contributed by atoms with Gasteiger partial charge >= 0.3 is 0 Å². The van der Waals surface area contributed by atoms with Gasteiger partial charge in [-0.15, -0.1) is 0 Å². The molecule has 1 heterocycles. The number of pyridine rings is 1. The van der Waals surface area contributed by atoms with Crippen LogP contribution >= 0.6 is 0 Å². The number of rotatable bonds is 3. The minimum atomic E-state index is -3.74. The number of halogens is 1. The van der Waals surface area contributed by atoms with Crippen molar-refractivity contribution in [2.75, 3.05) is 5.73 Å². The van der Waals surface area contributed by atoms with Crippen molar-refractivity contribution in [3.8, 4) is 0 Å². The summed E-state index contributed by atoms with van der Waals surface area (Å²) in [5.41, 5.74) is 5.73. The molecule has 94 valence electrons. The van der Waals surface area contributed by atoms with E-state index in [1.54, 1.807) is 6.07 Å². The Labute approximate surface area is 104 Å².